The summed E-state index contributed by atoms with van der Waals surface area (Å²) in [5, 5.41) is 3.04. The van der Waals surface area contributed by atoms with Crippen LogP contribution in [0.5, 0.6) is 0 Å². The molecule has 1 aliphatic carbocycles. The number of halogens is 1. The van der Waals surface area contributed by atoms with E-state index in [4.69, 9.17) is 5.73 Å². The normalized spacial score (nSPS) is 21.7. The van der Waals surface area contributed by atoms with Crippen LogP contribution >= 0.6 is 12.4 Å². The van der Waals surface area contributed by atoms with E-state index in [2.05, 4.69) is 43.4 Å². The van der Waals surface area contributed by atoms with Crippen LogP contribution in [0.1, 0.15) is 56.6 Å². The molecular weight excluding hydrogens is 284 g/mol. The highest BCUT2D eigenvalue weighted by atomic mass is 35.5. The summed E-state index contributed by atoms with van der Waals surface area (Å²) in [5.74, 6) is 0.809. The van der Waals surface area contributed by atoms with Gasteiger partial charge in [-0.1, -0.05) is 44.5 Å². The Bertz CT molecular complexity index is 445. The summed E-state index contributed by atoms with van der Waals surface area (Å²) < 4.78 is 0. The standard InChI is InChI=1S/C17H26N2O.ClH/c1-12(2)14-8-6-13(7-9-14)11-19-17(20)15-4-3-5-16(18)10-15;/h6-9,12,15-16H,3-5,10-11,18H2,1-2H3,(H,19,20);1H. The molecule has 1 aliphatic rings. The van der Waals surface area contributed by atoms with Crippen molar-refractivity contribution in [3.63, 3.8) is 0 Å². The van der Waals surface area contributed by atoms with E-state index in [0.29, 0.717) is 12.5 Å². The second kappa shape index (κ2) is 8.40. The van der Waals surface area contributed by atoms with Gasteiger partial charge in [-0.2, -0.15) is 0 Å². The van der Waals surface area contributed by atoms with Gasteiger partial charge in [0.05, 0.1) is 0 Å². The van der Waals surface area contributed by atoms with Crippen molar-refractivity contribution in [1.82, 2.24) is 5.32 Å². The molecule has 2 atom stereocenters. The fourth-order valence-electron chi connectivity index (χ4n) is 2.82. The summed E-state index contributed by atoms with van der Waals surface area (Å²) >= 11 is 0. The van der Waals surface area contributed by atoms with Gasteiger partial charge in [-0.05, 0) is 36.3 Å². The van der Waals surface area contributed by atoms with Crippen LogP contribution in [-0.4, -0.2) is 11.9 Å². The monoisotopic (exact) mass is 310 g/mol. The van der Waals surface area contributed by atoms with Crippen molar-refractivity contribution in [2.75, 3.05) is 0 Å². The predicted octanol–water partition coefficient (Wildman–Crippen LogP) is 3.37. The molecule has 0 aliphatic heterocycles. The Morgan fingerprint density at radius 2 is 1.95 bits per heavy atom. The van der Waals surface area contributed by atoms with Gasteiger partial charge in [0.1, 0.15) is 0 Å². The van der Waals surface area contributed by atoms with E-state index in [1.54, 1.807) is 0 Å². The lowest BCUT2D eigenvalue weighted by Crippen LogP contribution is -2.37. The minimum atomic E-state index is 0. The zero-order valence-electron chi connectivity index (χ0n) is 13.0. The van der Waals surface area contributed by atoms with E-state index in [1.165, 1.54) is 5.56 Å². The van der Waals surface area contributed by atoms with Crippen molar-refractivity contribution in [1.29, 1.82) is 0 Å². The number of nitrogens with two attached hydrogens (primary N) is 1. The van der Waals surface area contributed by atoms with E-state index < -0.39 is 0 Å². The molecule has 0 radical (unpaired) electrons. The van der Waals surface area contributed by atoms with Gasteiger partial charge in [-0.15, -0.1) is 12.4 Å². The van der Waals surface area contributed by atoms with Crippen LogP contribution < -0.4 is 11.1 Å². The van der Waals surface area contributed by atoms with Crippen molar-refractivity contribution in [2.45, 2.75) is 58.0 Å². The number of hydrogen-bond donors (Lipinski definition) is 2. The van der Waals surface area contributed by atoms with Crippen molar-refractivity contribution >= 4 is 18.3 Å². The molecular formula is C17H27ClN2O. The Kier molecular flexibility index (Phi) is 7.20. The van der Waals surface area contributed by atoms with Crippen LogP contribution in [0.2, 0.25) is 0 Å². The second-order valence-corrected chi connectivity index (χ2v) is 6.24. The number of benzene rings is 1. The third-order valence-corrected chi connectivity index (χ3v) is 4.20. The van der Waals surface area contributed by atoms with Crippen LogP contribution in [0.25, 0.3) is 0 Å². The first kappa shape index (κ1) is 18.0. The van der Waals surface area contributed by atoms with Gasteiger partial charge in [-0.25, -0.2) is 0 Å². The number of nitrogens with one attached hydrogen (secondary N) is 1. The molecule has 3 nitrogen and oxygen atoms in total. The summed E-state index contributed by atoms with van der Waals surface area (Å²) in [4.78, 5) is 12.1. The lowest BCUT2D eigenvalue weighted by Gasteiger charge is -2.25. The molecule has 3 N–H and O–H groups in total. The number of amides is 1. The molecule has 0 aromatic heterocycles. The molecule has 0 saturated heterocycles. The van der Waals surface area contributed by atoms with Gasteiger partial charge in [0, 0.05) is 18.5 Å². The van der Waals surface area contributed by atoms with E-state index in [-0.39, 0.29) is 30.3 Å². The second-order valence-electron chi connectivity index (χ2n) is 6.24. The average Bonchev–Trinajstić information content (AvgIpc) is 2.45. The molecule has 118 valence electrons. The number of carbonyl (C=O) groups excluding carboxylic acids is 1. The van der Waals surface area contributed by atoms with E-state index in [9.17, 15) is 4.79 Å². The summed E-state index contributed by atoms with van der Waals surface area (Å²) in [5.41, 5.74) is 8.42. The molecule has 1 aromatic rings. The topological polar surface area (TPSA) is 55.1 Å². The average molecular weight is 311 g/mol. The Hall–Kier alpha value is -1.06. The molecule has 1 aromatic carbocycles. The van der Waals surface area contributed by atoms with E-state index in [1.807, 2.05) is 0 Å². The molecule has 0 heterocycles. The zero-order valence-corrected chi connectivity index (χ0v) is 13.8. The van der Waals surface area contributed by atoms with Gasteiger partial charge in [0.25, 0.3) is 0 Å². The van der Waals surface area contributed by atoms with Crippen LogP contribution in [0.15, 0.2) is 24.3 Å². The van der Waals surface area contributed by atoms with Gasteiger partial charge in [-0.3, -0.25) is 4.79 Å². The highest BCUT2D eigenvalue weighted by Crippen LogP contribution is 2.23. The summed E-state index contributed by atoms with van der Waals surface area (Å²) in [7, 11) is 0. The molecule has 1 saturated carbocycles. The molecule has 2 rings (SSSR count). The molecule has 0 bridgehead atoms. The number of carbonyl (C=O) groups is 1. The van der Waals surface area contributed by atoms with Crippen LogP contribution in [0, 0.1) is 5.92 Å². The van der Waals surface area contributed by atoms with Crippen molar-refractivity contribution in [2.24, 2.45) is 11.7 Å². The Labute approximate surface area is 134 Å². The van der Waals surface area contributed by atoms with Crippen molar-refractivity contribution in [3.05, 3.63) is 35.4 Å². The smallest absolute Gasteiger partial charge is 0.223 e. The van der Waals surface area contributed by atoms with Gasteiger partial charge in [0.15, 0.2) is 0 Å². The Morgan fingerprint density at radius 3 is 2.52 bits per heavy atom. The summed E-state index contributed by atoms with van der Waals surface area (Å²) in [6, 6.07) is 8.68. The molecule has 4 heteroatoms. The third-order valence-electron chi connectivity index (χ3n) is 4.20. The summed E-state index contributed by atoms with van der Waals surface area (Å²) in [6.45, 7) is 4.98. The maximum atomic E-state index is 12.1. The maximum absolute atomic E-state index is 12.1. The quantitative estimate of drug-likeness (QED) is 0.896. The zero-order chi connectivity index (χ0) is 14.5. The largest absolute Gasteiger partial charge is 0.352 e. The highest BCUT2D eigenvalue weighted by Gasteiger charge is 2.24. The first-order valence-corrected chi connectivity index (χ1v) is 7.68. The Morgan fingerprint density at radius 1 is 1.29 bits per heavy atom. The van der Waals surface area contributed by atoms with Crippen molar-refractivity contribution < 1.29 is 4.79 Å². The van der Waals surface area contributed by atoms with Crippen LogP contribution in [0.4, 0.5) is 0 Å². The minimum absolute atomic E-state index is 0. The lowest BCUT2D eigenvalue weighted by molar-refractivity contribution is -0.126. The third kappa shape index (κ3) is 5.33. The highest BCUT2D eigenvalue weighted by molar-refractivity contribution is 5.85. The molecule has 2 unspecified atom stereocenters. The van der Waals surface area contributed by atoms with E-state index in [0.717, 1.165) is 31.2 Å². The predicted molar refractivity (Wildman–Crippen MR) is 89.6 cm³/mol. The number of rotatable bonds is 4. The van der Waals surface area contributed by atoms with Gasteiger partial charge in [0.2, 0.25) is 5.91 Å². The van der Waals surface area contributed by atoms with Crippen LogP contribution in [0.3, 0.4) is 0 Å². The SMILES string of the molecule is CC(C)c1ccc(CNC(=O)C2CCCC(N)C2)cc1.Cl. The van der Waals surface area contributed by atoms with Crippen molar-refractivity contribution in [3.8, 4) is 0 Å². The molecule has 1 amide bonds. The molecule has 21 heavy (non-hydrogen) atoms. The van der Waals surface area contributed by atoms with E-state index >= 15 is 0 Å². The summed E-state index contributed by atoms with van der Waals surface area (Å²) in [6.07, 6.45) is 3.94. The minimum Gasteiger partial charge on any atom is -0.352 e. The fraction of sp³-hybridized carbons (Fsp3) is 0.588. The maximum Gasteiger partial charge on any atom is 0.223 e. The first-order chi connectivity index (χ1) is 9.56. The Balaban J connectivity index is 0.00000220. The number of hydrogen-bond acceptors (Lipinski definition) is 2. The molecule has 0 spiro atoms. The van der Waals surface area contributed by atoms with Gasteiger partial charge < -0.3 is 11.1 Å². The molecule has 1 fully saturated rings. The first-order valence-electron chi connectivity index (χ1n) is 7.68. The van der Waals surface area contributed by atoms with Gasteiger partial charge >= 0.3 is 0 Å². The van der Waals surface area contributed by atoms with Crippen LogP contribution in [-0.2, 0) is 11.3 Å². The fourth-order valence-corrected chi connectivity index (χ4v) is 2.82. The lowest BCUT2D eigenvalue weighted by atomic mass is 9.85.